The van der Waals surface area contributed by atoms with Gasteiger partial charge in [0.2, 0.25) is 0 Å². The molecule has 0 N–H and O–H groups in total. The van der Waals surface area contributed by atoms with Gasteiger partial charge >= 0.3 is 5.97 Å². The molecule has 0 radical (unpaired) electrons. The van der Waals surface area contributed by atoms with Gasteiger partial charge in [0.15, 0.2) is 0 Å². The number of aryl methyl sites for hydroxylation is 1. The molecule has 0 bridgehead atoms. The third-order valence-electron chi connectivity index (χ3n) is 6.83. The topological polar surface area (TPSA) is 34.5 Å². The molecule has 3 unspecified atom stereocenters. The summed E-state index contributed by atoms with van der Waals surface area (Å²) in [6.07, 6.45) is 0. The summed E-state index contributed by atoms with van der Waals surface area (Å²) in [4.78, 5) is 15.9. The minimum absolute atomic E-state index is 0.0316. The van der Waals surface area contributed by atoms with E-state index in [0.29, 0.717) is 13.2 Å². The molecule has 3 atom stereocenters. The number of benzene rings is 2. The van der Waals surface area contributed by atoms with Gasteiger partial charge in [0.05, 0.1) is 12.6 Å². The summed E-state index contributed by atoms with van der Waals surface area (Å²) in [7, 11) is 2.15. The van der Waals surface area contributed by atoms with Crippen LogP contribution in [0.5, 0.6) is 0 Å². The molecule has 28 heavy (non-hydrogen) atoms. The first kappa shape index (κ1) is 17.5. The second-order valence-corrected chi connectivity index (χ2v) is 8.18. The molecule has 0 spiro atoms. The highest BCUT2D eigenvalue weighted by Crippen LogP contribution is 2.61. The molecule has 1 aromatic heterocycles. The van der Waals surface area contributed by atoms with Crippen LogP contribution >= 0.6 is 0 Å². The van der Waals surface area contributed by atoms with E-state index in [1.54, 1.807) is 0 Å². The smallest absolute Gasteiger partial charge is 0.316 e. The third-order valence-corrected chi connectivity index (χ3v) is 6.83. The van der Waals surface area contributed by atoms with Gasteiger partial charge in [-0.1, -0.05) is 48.5 Å². The van der Waals surface area contributed by atoms with Crippen molar-refractivity contribution in [1.29, 1.82) is 0 Å². The van der Waals surface area contributed by atoms with Crippen LogP contribution in [0.2, 0.25) is 0 Å². The molecule has 5 rings (SSSR count). The van der Waals surface area contributed by atoms with Crippen molar-refractivity contribution in [3.05, 3.63) is 71.4 Å². The first-order chi connectivity index (χ1) is 13.6. The van der Waals surface area contributed by atoms with Crippen molar-refractivity contribution in [2.45, 2.75) is 32.4 Å². The number of aromatic nitrogens is 1. The largest absolute Gasteiger partial charge is 0.465 e. The van der Waals surface area contributed by atoms with Gasteiger partial charge in [-0.3, -0.25) is 9.69 Å². The number of carbonyl (C=O) groups excluding carboxylic acids is 1. The maximum Gasteiger partial charge on any atom is 0.316 e. The van der Waals surface area contributed by atoms with Crippen LogP contribution in [0.3, 0.4) is 0 Å². The lowest BCUT2D eigenvalue weighted by atomic mass is 9.70. The zero-order valence-corrected chi connectivity index (χ0v) is 16.7. The lowest BCUT2D eigenvalue weighted by Crippen LogP contribution is -2.40. The standard InChI is InChI=1S/C24H26N2O2/c1-4-28-23(27)24-15-26-20-13-9-8-12-18(20)16(2)21(26)22(24)25(3)14-19(24)17-10-6-5-7-11-17/h5-13,19,22H,4,14-15H2,1-3H3. The zero-order chi connectivity index (χ0) is 19.5. The molecule has 3 heterocycles. The van der Waals surface area contributed by atoms with Gasteiger partial charge in [0.25, 0.3) is 0 Å². The Balaban J connectivity index is 1.75. The summed E-state index contributed by atoms with van der Waals surface area (Å²) in [6, 6.07) is 19.0. The lowest BCUT2D eigenvalue weighted by molar-refractivity contribution is -0.157. The maximum atomic E-state index is 13.5. The van der Waals surface area contributed by atoms with Gasteiger partial charge in [-0.2, -0.15) is 0 Å². The van der Waals surface area contributed by atoms with E-state index < -0.39 is 5.41 Å². The molecule has 4 nitrogen and oxygen atoms in total. The fraction of sp³-hybridized carbons (Fsp3) is 0.375. The summed E-state index contributed by atoms with van der Waals surface area (Å²) in [5, 5.41) is 1.28. The van der Waals surface area contributed by atoms with Gasteiger partial charge < -0.3 is 9.30 Å². The Morgan fingerprint density at radius 3 is 2.61 bits per heavy atom. The van der Waals surface area contributed by atoms with Gasteiger partial charge in [-0.15, -0.1) is 0 Å². The molecule has 0 aliphatic carbocycles. The molecular weight excluding hydrogens is 348 g/mol. The number of hydrogen-bond acceptors (Lipinski definition) is 3. The van der Waals surface area contributed by atoms with Crippen molar-refractivity contribution in [2.75, 3.05) is 20.2 Å². The number of esters is 1. The molecule has 3 aromatic rings. The van der Waals surface area contributed by atoms with Crippen molar-refractivity contribution < 1.29 is 9.53 Å². The number of para-hydroxylation sites is 1. The van der Waals surface area contributed by atoms with Crippen LogP contribution in [-0.2, 0) is 16.1 Å². The number of rotatable bonds is 3. The highest BCUT2D eigenvalue weighted by Gasteiger charge is 2.64. The van der Waals surface area contributed by atoms with Crippen molar-refractivity contribution in [1.82, 2.24) is 9.47 Å². The van der Waals surface area contributed by atoms with Crippen LogP contribution in [0.4, 0.5) is 0 Å². The lowest BCUT2D eigenvalue weighted by Gasteiger charge is -2.33. The van der Waals surface area contributed by atoms with Crippen LogP contribution in [0.1, 0.15) is 35.7 Å². The minimum Gasteiger partial charge on any atom is -0.465 e. The summed E-state index contributed by atoms with van der Waals surface area (Å²) in [5.41, 5.74) is 4.41. The molecule has 0 saturated carbocycles. The Hall–Kier alpha value is -2.59. The molecule has 0 amide bonds. The van der Waals surface area contributed by atoms with Gasteiger partial charge in [0, 0.05) is 35.6 Å². The van der Waals surface area contributed by atoms with E-state index in [-0.39, 0.29) is 17.9 Å². The van der Waals surface area contributed by atoms with E-state index in [4.69, 9.17) is 4.74 Å². The highest BCUT2D eigenvalue weighted by atomic mass is 16.5. The van der Waals surface area contributed by atoms with E-state index in [0.717, 1.165) is 6.54 Å². The SMILES string of the molecule is CCOC(=O)C12Cn3c(c(C)c4ccccc43)C1N(C)CC2c1ccccc1. The molecule has 4 heteroatoms. The van der Waals surface area contributed by atoms with Crippen molar-refractivity contribution in [3.63, 3.8) is 0 Å². The predicted octanol–water partition coefficient (Wildman–Crippen LogP) is 4.28. The summed E-state index contributed by atoms with van der Waals surface area (Å²) >= 11 is 0. The minimum atomic E-state index is -0.587. The molecule has 2 aromatic carbocycles. The second-order valence-electron chi connectivity index (χ2n) is 8.18. The summed E-state index contributed by atoms with van der Waals surface area (Å²) < 4.78 is 8.08. The fourth-order valence-electron chi connectivity index (χ4n) is 5.74. The highest BCUT2D eigenvalue weighted by molar-refractivity contribution is 5.89. The van der Waals surface area contributed by atoms with Crippen LogP contribution in [0.15, 0.2) is 54.6 Å². The summed E-state index contributed by atoms with van der Waals surface area (Å²) in [5.74, 6) is 0.0474. The normalized spacial score (nSPS) is 26.4. The average molecular weight is 374 g/mol. The van der Waals surface area contributed by atoms with Crippen LogP contribution < -0.4 is 0 Å². The number of nitrogens with zero attached hydrogens (tertiary/aromatic N) is 2. The Morgan fingerprint density at radius 1 is 1.14 bits per heavy atom. The van der Waals surface area contributed by atoms with Crippen LogP contribution in [-0.4, -0.2) is 35.6 Å². The molecule has 144 valence electrons. The molecule has 1 saturated heterocycles. The average Bonchev–Trinajstić information content (AvgIpc) is 3.30. The van der Waals surface area contributed by atoms with Crippen molar-refractivity contribution in [3.8, 4) is 0 Å². The molecule has 2 aliphatic rings. The first-order valence-electron chi connectivity index (χ1n) is 10.1. The van der Waals surface area contributed by atoms with E-state index in [1.165, 1.54) is 27.7 Å². The van der Waals surface area contributed by atoms with E-state index in [1.807, 2.05) is 13.0 Å². The van der Waals surface area contributed by atoms with Gasteiger partial charge in [-0.25, -0.2) is 0 Å². The first-order valence-corrected chi connectivity index (χ1v) is 10.1. The monoisotopic (exact) mass is 374 g/mol. The zero-order valence-electron chi connectivity index (χ0n) is 16.7. The molecule has 1 fully saturated rings. The Kier molecular flexibility index (Phi) is 3.88. The van der Waals surface area contributed by atoms with Gasteiger partial charge in [0.1, 0.15) is 5.41 Å². The van der Waals surface area contributed by atoms with E-state index in [2.05, 4.69) is 72.0 Å². The van der Waals surface area contributed by atoms with Crippen LogP contribution in [0.25, 0.3) is 10.9 Å². The number of likely N-dealkylation sites (tertiary alicyclic amines) is 1. The second kappa shape index (κ2) is 6.21. The van der Waals surface area contributed by atoms with E-state index in [9.17, 15) is 4.79 Å². The summed E-state index contributed by atoms with van der Waals surface area (Å²) in [6.45, 7) is 6.03. The Bertz CT molecular complexity index is 1060. The van der Waals surface area contributed by atoms with Crippen molar-refractivity contribution >= 4 is 16.9 Å². The Labute approximate surface area is 165 Å². The Morgan fingerprint density at radius 2 is 1.86 bits per heavy atom. The van der Waals surface area contributed by atoms with Gasteiger partial charge in [-0.05, 0) is 38.1 Å². The fourth-order valence-corrected chi connectivity index (χ4v) is 5.74. The quantitative estimate of drug-likeness (QED) is 0.642. The van der Waals surface area contributed by atoms with Crippen molar-refractivity contribution in [2.24, 2.45) is 5.41 Å². The van der Waals surface area contributed by atoms with Crippen LogP contribution in [0, 0.1) is 12.3 Å². The number of fused-ring (bicyclic) bond motifs is 5. The number of ether oxygens (including phenoxy) is 1. The predicted molar refractivity (Wildman–Crippen MR) is 110 cm³/mol. The maximum absolute atomic E-state index is 13.5. The third kappa shape index (κ3) is 2.12. The molecule has 2 aliphatic heterocycles. The number of carbonyl (C=O) groups is 1. The van der Waals surface area contributed by atoms with E-state index >= 15 is 0 Å². The number of hydrogen-bond donors (Lipinski definition) is 0. The molecular formula is C24H26N2O2. The number of likely N-dealkylation sites (N-methyl/N-ethyl adjacent to an activating group) is 1.